The average molecular weight is 245 g/mol. The SMILES string of the molecule is CCC(C)NC(=O)CCNC(=O)CC(N)=S. The summed E-state index contributed by atoms with van der Waals surface area (Å²) < 4.78 is 0. The second kappa shape index (κ2) is 8.04. The Kier molecular flexibility index (Phi) is 7.45. The maximum absolute atomic E-state index is 11.3. The van der Waals surface area contributed by atoms with E-state index in [1.54, 1.807) is 0 Å². The molecule has 0 aliphatic rings. The molecule has 0 saturated carbocycles. The van der Waals surface area contributed by atoms with Gasteiger partial charge in [-0.2, -0.15) is 0 Å². The molecule has 0 saturated heterocycles. The summed E-state index contributed by atoms with van der Waals surface area (Å²) >= 11 is 4.58. The van der Waals surface area contributed by atoms with Gasteiger partial charge in [-0.25, -0.2) is 0 Å². The van der Waals surface area contributed by atoms with Crippen molar-refractivity contribution in [3.8, 4) is 0 Å². The zero-order valence-electron chi connectivity index (χ0n) is 9.71. The average Bonchev–Trinajstić information content (AvgIpc) is 2.16. The maximum Gasteiger partial charge on any atom is 0.226 e. The Hall–Kier alpha value is -1.17. The third kappa shape index (κ3) is 8.16. The predicted octanol–water partition coefficient (Wildman–Crippen LogP) is 0.0836. The van der Waals surface area contributed by atoms with Crippen LogP contribution in [0.1, 0.15) is 33.1 Å². The first kappa shape index (κ1) is 14.8. The molecule has 0 aromatic heterocycles. The Bertz CT molecular complexity index is 269. The highest BCUT2D eigenvalue weighted by molar-refractivity contribution is 7.80. The van der Waals surface area contributed by atoms with Gasteiger partial charge in [0.25, 0.3) is 0 Å². The van der Waals surface area contributed by atoms with Crippen LogP contribution in [0.5, 0.6) is 0 Å². The fraction of sp³-hybridized carbons (Fsp3) is 0.700. The third-order valence-electron chi connectivity index (χ3n) is 2.03. The first-order valence-electron chi connectivity index (χ1n) is 5.30. The van der Waals surface area contributed by atoms with Crippen LogP contribution in [0.25, 0.3) is 0 Å². The normalized spacial score (nSPS) is 11.6. The number of amides is 2. The number of nitrogens with two attached hydrogens (primary N) is 1. The van der Waals surface area contributed by atoms with E-state index in [0.717, 1.165) is 6.42 Å². The summed E-state index contributed by atoms with van der Waals surface area (Å²) in [6.45, 7) is 4.24. The summed E-state index contributed by atoms with van der Waals surface area (Å²) in [6, 6.07) is 0.167. The smallest absolute Gasteiger partial charge is 0.226 e. The van der Waals surface area contributed by atoms with Crippen LogP contribution in [0.4, 0.5) is 0 Å². The highest BCUT2D eigenvalue weighted by Gasteiger charge is 2.06. The lowest BCUT2D eigenvalue weighted by Gasteiger charge is -2.11. The van der Waals surface area contributed by atoms with Crippen molar-refractivity contribution in [1.29, 1.82) is 0 Å². The molecule has 0 bridgehead atoms. The van der Waals surface area contributed by atoms with E-state index in [4.69, 9.17) is 5.73 Å². The predicted molar refractivity (Wildman–Crippen MR) is 66.9 cm³/mol. The first-order chi connectivity index (χ1) is 7.45. The molecule has 16 heavy (non-hydrogen) atoms. The standard InChI is InChI=1S/C10H19N3O2S/c1-3-7(2)13-9(14)4-5-12-10(15)6-8(11)16/h7H,3-6H2,1-2H3,(H2,11,16)(H,12,15)(H,13,14). The van der Waals surface area contributed by atoms with Gasteiger partial charge in [0.15, 0.2) is 0 Å². The van der Waals surface area contributed by atoms with Crippen molar-refractivity contribution in [2.75, 3.05) is 6.54 Å². The molecule has 0 aliphatic heterocycles. The maximum atomic E-state index is 11.3. The van der Waals surface area contributed by atoms with Gasteiger partial charge in [0.05, 0.1) is 11.4 Å². The number of carbonyl (C=O) groups excluding carboxylic acids is 2. The van der Waals surface area contributed by atoms with E-state index in [-0.39, 0.29) is 35.7 Å². The number of nitrogens with one attached hydrogen (secondary N) is 2. The van der Waals surface area contributed by atoms with Crippen LogP contribution in [0, 0.1) is 0 Å². The lowest BCUT2D eigenvalue weighted by Crippen LogP contribution is -2.35. The molecule has 1 atom stereocenters. The summed E-state index contributed by atoms with van der Waals surface area (Å²) in [5.41, 5.74) is 5.20. The van der Waals surface area contributed by atoms with Crippen LogP contribution < -0.4 is 16.4 Å². The molecular formula is C10H19N3O2S. The Morgan fingerprint density at radius 2 is 2.00 bits per heavy atom. The number of hydrogen-bond acceptors (Lipinski definition) is 3. The van der Waals surface area contributed by atoms with E-state index in [1.807, 2.05) is 13.8 Å². The molecule has 6 heteroatoms. The van der Waals surface area contributed by atoms with Gasteiger partial charge in [0.1, 0.15) is 0 Å². The molecule has 0 spiro atoms. The Labute approximate surface area is 101 Å². The van der Waals surface area contributed by atoms with Gasteiger partial charge in [0.2, 0.25) is 11.8 Å². The van der Waals surface area contributed by atoms with Crippen molar-refractivity contribution < 1.29 is 9.59 Å². The van der Waals surface area contributed by atoms with Gasteiger partial charge in [-0.15, -0.1) is 0 Å². The monoisotopic (exact) mass is 245 g/mol. The van der Waals surface area contributed by atoms with Gasteiger partial charge < -0.3 is 16.4 Å². The van der Waals surface area contributed by atoms with Crippen LogP contribution in [0.2, 0.25) is 0 Å². The van der Waals surface area contributed by atoms with Crippen molar-refractivity contribution in [1.82, 2.24) is 10.6 Å². The Morgan fingerprint density at radius 3 is 2.50 bits per heavy atom. The second-order valence-electron chi connectivity index (χ2n) is 3.62. The fourth-order valence-corrected chi connectivity index (χ4v) is 1.12. The molecule has 0 aromatic carbocycles. The van der Waals surface area contributed by atoms with E-state index >= 15 is 0 Å². The molecule has 0 radical (unpaired) electrons. The zero-order valence-corrected chi connectivity index (χ0v) is 10.5. The molecule has 92 valence electrons. The van der Waals surface area contributed by atoms with E-state index in [1.165, 1.54) is 0 Å². The van der Waals surface area contributed by atoms with Crippen LogP contribution in [-0.2, 0) is 9.59 Å². The second-order valence-corrected chi connectivity index (χ2v) is 4.14. The molecule has 4 N–H and O–H groups in total. The highest BCUT2D eigenvalue weighted by atomic mass is 32.1. The van der Waals surface area contributed by atoms with Gasteiger partial charge in [-0.05, 0) is 13.3 Å². The molecule has 0 heterocycles. The summed E-state index contributed by atoms with van der Waals surface area (Å²) in [5, 5.41) is 5.37. The third-order valence-corrected chi connectivity index (χ3v) is 2.17. The lowest BCUT2D eigenvalue weighted by atomic mass is 10.2. The number of hydrogen-bond donors (Lipinski definition) is 3. The van der Waals surface area contributed by atoms with Gasteiger partial charge in [0, 0.05) is 19.0 Å². The van der Waals surface area contributed by atoms with Gasteiger partial charge >= 0.3 is 0 Å². The summed E-state index contributed by atoms with van der Waals surface area (Å²) in [6.07, 6.45) is 1.19. The fourth-order valence-electron chi connectivity index (χ4n) is 0.985. The summed E-state index contributed by atoms with van der Waals surface area (Å²) in [7, 11) is 0. The Balaban J connectivity index is 3.62. The van der Waals surface area contributed by atoms with Gasteiger partial charge in [-0.1, -0.05) is 19.1 Å². The van der Waals surface area contributed by atoms with Crippen molar-refractivity contribution in [2.24, 2.45) is 5.73 Å². The van der Waals surface area contributed by atoms with Crippen LogP contribution in [0.3, 0.4) is 0 Å². The van der Waals surface area contributed by atoms with Crippen molar-refractivity contribution >= 4 is 29.0 Å². The minimum absolute atomic E-state index is 0.0301. The van der Waals surface area contributed by atoms with E-state index in [2.05, 4.69) is 22.9 Å². The zero-order chi connectivity index (χ0) is 12.6. The minimum Gasteiger partial charge on any atom is -0.393 e. The number of rotatable bonds is 7. The molecule has 0 aliphatic carbocycles. The topological polar surface area (TPSA) is 84.2 Å². The molecule has 0 aromatic rings. The molecule has 2 amide bonds. The van der Waals surface area contributed by atoms with Crippen LogP contribution in [-0.4, -0.2) is 29.4 Å². The lowest BCUT2D eigenvalue weighted by molar-refractivity contribution is -0.122. The van der Waals surface area contributed by atoms with Crippen LogP contribution in [0.15, 0.2) is 0 Å². The quantitative estimate of drug-likeness (QED) is 0.555. The Morgan fingerprint density at radius 1 is 1.38 bits per heavy atom. The van der Waals surface area contributed by atoms with Gasteiger partial charge in [-0.3, -0.25) is 9.59 Å². The largest absolute Gasteiger partial charge is 0.393 e. The first-order valence-corrected chi connectivity index (χ1v) is 5.70. The molecule has 1 unspecified atom stereocenters. The van der Waals surface area contributed by atoms with Crippen molar-refractivity contribution in [2.45, 2.75) is 39.2 Å². The minimum atomic E-state index is -0.246. The molecule has 0 fully saturated rings. The van der Waals surface area contributed by atoms with E-state index < -0.39 is 0 Å². The molecular weight excluding hydrogens is 226 g/mol. The highest BCUT2D eigenvalue weighted by Crippen LogP contribution is 1.89. The van der Waals surface area contributed by atoms with Crippen molar-refractivity contribution in [3.05, 3.63) is 0 Å². The van der Waals surface area contributed by atoms with E-state index in [0.29, 0.717) is 6.54 Å². The van der Waals surface area contributed by atoms with E-state index in [9.17, 15) is 9.59 Å². The summed E-state index contributed by atoms with van der Waals surface area (Å²) in [4.78, 5) is 22.6. The number of carbonyl (C=O) groups is 2. The van der Waals surface area contributed by atoms with Crippen molar-refractivity contribution in [3.63, 3.8) is 0 Å². The number of thiocarbonyl (C=S) groups is 1. The van der Waals surface area contributed by atoms with Crippen LogP contribution >= 0.6 is 12.2 Å². The summed E-state index contributed by atoms with van der Waals surface area (Å²) in [5.74, 6) is -0.311. The molecule has 5 nitrogen and oxygen atoms in total. The molecule has 0 rings (SSSR count).